The van der Waals surface area contributed by atoms with Crippen LogP contribution in [0.3, 0.4) is 0 Å². The SMILES string of the molecule is C=C(C)CN(CC)C(=O)COc1cccc2ccc(C)nc12. The lowest BCUT2D eigenvalue weighted by Crippen LogP contribution is -2.35. The van der Waals surface area contributed by atoms with Crippen LogP contribution in [0.2, 0.25) is 0 Å². The van der Waals surface area contributed by atoms with Crippen molar-refractivity contribution in [2.45, 2.75) is 20.8 Å². The van der Waals surface area contributed by atoms with E-state index in [0.717, 1.165) is 22.2 Å². The Hall–Kier alpha value is -2.36. The Bertz CT molecular complexity index is 695. The number of carbonyl (C=O) groups excluding carboxylic acids is 1. The molecule has 0 spiro atoms. The highest BCUT2D eigenvalue weighted by Crippen LogP contribution is 2.23. The summed E-state index contributed by atoms with van der Waals surface area (Å²) in [5.41, 5.74) is 2.67. The third-order valence-corrected chi connectivity index (χ3v) is 3.37. The maximum atomic E-state index is 12.2. The molecule has 0 aliphatic carbocycles. The molecular formula is C18H22N2O2. The number of benzene rings is 1. The Labute approximate surface area is 131 Å². The maximum absolute atomic E-state index is 12.2. The topological polar surface area (TPSA) is 42.4 Å². The first-order chi connectivity index (χ1) is 10.5. The van der Waals surface area contributed by atoms with Crippen LogP contribution in [0.25, 0.3) is 10.9 Å². The molecule has 0 saturated heterocycles. The van der Waals surface area contributed by atoms with E-state index >= 15 is 0 Å². The molecular weight excluding hydrogens is 276 g/mol. The van der Waals surface area contributed by atoms with Gasteiger partial charge in [-0.25, -0.2) is 4.98 Å². The van der Waals surface area contributed by atoms with Crippen molar-refractivity contribution < 1.29 is 9.53 Å². The summed E-state index contributed by atoms with van der Waals surface area (Å²) >= 11 is 0. The second-order valence-corrected chi connectivity index (χ2v) is 5.43. The fraction of sp³-hybridized carbons (Fsp3) is 0.333. The Balaban J connectivity index is 2.13. The van der Waals surface area contributed by atoms with Gasteiger partial charge in [-0.3, -0.25) is 4.79 Å². The first kappa shape index (κ1) is 16.0. The molecule has 2 aromatic rings. The van der Waals surface area contributed by atoms with Gasteiger partial charge < -0.3 is 9.64 Å². The smallest absolute Gasteiger partial charge is 0.260 e. The summed E-state index contributed by atoms with van der Waals surface area (Å²) in [7, 11) is 0. The molecule has 0 bridgehead atoms. The quantitative estimate of drug-likeness (QED) is 0.768. The zero-order valence-corrected chi connectivity index (χ0v) is 13.4. The highest BCUT2D eigenvalue weighted by atomic mass is 16.5. The summed E-state index contributed by atoms with van der Waals surface area (Å²) in [6.45, 7) is 10.9. The van der Waals surface area contributed by atoms with E-state index in [2.05, 4.69) is 11.6 Å². The monoisotopic (exact) mass is 298 g/mol. The number of aromatic nitrogens is 1. The second-order valence-electron chi connectivity index (χ2n) is 5.43. The van der Waals surface area contributed by atoms with Crippen LogP contribution in [0, 0.1) is 6.92 Å². The predicted molar refractivity (Wildman–Crippen MR) is 89.0 cm³/mol. The van der Waals surface area contributed by atoms with Crippen molar-refractivity contribution in [3.05, 3.63) is 48.2 Å². The van der Waals surface area contributed by atoms with Gasteiger partial charge in [0, 0.05) is 24.2 Å². The molecule has 0 aliphatic rings. The first-order valence-electron chi connectivity index (χ1n) is 7.42. The van der Waals surface area contributed by atoms with Gasteiger partial charge in [-0.2, -0.15) is 0 Å². The molecule has 116 valence electrons. The average Bonchev–Trinajstić information content (AvgIpc) is 2.50. The molecule has 1 aromatic heterocycles. The van der Waals surface area contributed by atoms with E-state index in [1.165, 1.54) is 0 Å². The Morgan fingerprint density at radius 1 is 1.32 bits per heavy atom. The standard InChI is InChI=1S/C18H22N2O2/c1-5-20(11-13(2)3)17(21)12-22-16-8-6-7-15-10-9-14(4)19-18(15)16/h6-10H,2,5,11-12H2,1,3-4H3. The van der Waals surface area contributed by atoms with Crippen LogP contribution in [-0.4, -0.2) is 35.5 Å². The summed E-state index contributed by atoms with van der Waals surface area (Å²) in [6, 6.07) is 9.70. The van der Waals surface area contributed by atoms with E-state index in [-0.39, 0.29) is 12.5 Å². The number of aryl methyl sites for hydroxylation is 1. The minimum Gasteiger partial charge on any atom is -0.481 e. The Morgan fingerprint density at radius 3 is 2.77 bits per heavy atom. The van der Waals surface area contributed by atoms with Crippen molar-refractivity contribution in [2.24, 2.45) is 0 Å². The van der Waals surface area contributed by atoms with Gasteiger partial charge in [0.05, 0.1) is 0 Å². The molecule has 4 nitrogen and oxygen atoms in total. The Kier molecular flexibility index (Phi) is 5.15. The van der Waals surface area contributed by atoms with E-state index < -0.39 is 0 Å². The number of nitrogens with zero attached hydrogens (tertiary/aromatic N) is 2. The summed E-state index contributed by atoms with van der Waals surface area (Å²) in [5, 5.41) is 1.00. The normalized spacial score (nSPS) is 10.5. The molecule has 0 radical (unpaired) electrons. The fourth-order valence-corrected chi connectivity index (χ4v) is 2.27. The number of hydrogen-bond acceptors (Lipinski definition) is 3. The predicted octanol–water partition coefficient (Wildman–Crippen LogP) is 3.35. The molecule has 0 N–H and O–H groups in total. The number of rotatable bonds is 6. The number of likely N-dealkylation sites (N-methyl/N-ethyl adjacent to an activating group) is 1. The lowest BCUT2D eigenvalue weighted by molar-refractivity contribution is -0.132. The van der Waals surface area contributed by atoms with E-state index in [1.54, 1.807) is 4.90 Å². The van der Waals surface area contributed by atoms with Crippen LogP contribution in [-0.2, 0) is 4.79 Å². The lowest BCUT2D eigenvalue weighted by Gasteiger charge is -2.21. The van der Waals surface area contributed by atoms with Gasteiger partial charge in [-0.05, 0) is 32.9 Å². The number of carbonyl (C=O) groups is 1. The Morgan fingerprint density at radius 2 is 2.09 bits per heavy atom. The van der Waals surface area contributed by atoms with Crippen LogP contribution < -0.4 is 4.74 Å². The largest absolute Gasteiger partial charge is 0.481 e. The van der Waals surface area contributed by atoms with E-state index in [1.807, 2.05) is 51.1 Å². The van der Waals surface area contributed by atoms with Gasteiger partial charge in [0.1, 0.15) is 11.3 Å². The maximum Gasteiger partial charge on any atom is 0.260 e. The van der Waals surface area contributed by atoms with Gasteiger partial charge in [0.2, 0.25) is 0 Å². The summed E-state index contributed by atoms with van der Waals surface area (Å²) in [6.07, 6.45) is 0. The molecule has 2 rings (SSSR count). The van der Waals surface area contributed by atoms with Crippen LogP contribution in [0.1, 0.15) is 19.5 Å². The number of ether oxygens (including phenoxy) is 1. The molecule has 4 heteroatoms. The molecule has 0 unspecified atom stereocenters. The number of para-hydroxylation sites is 1. The van der Waals surface area contributed by atoms with Crippen molar-refractivity contribution in [3.63, 3.8) is 0 Å². The van der Waals surface area contributed by atoms with Gasteiger partial charge in [-0.15, -0.1) is 0 Å². The number of hydrogen-bond donors (Lipinski definition) is 0. The van der Waals surface area contributed by atoms with Gasteiger partial charge >= 0.3 is 0 Å². The number of fused-ring (bicyclic) bond motifs is 1. The average molecular weight is 298 g/mol. The number of amides is 1. The third-order valence-electron chi connectivity index (χ3n) is 3.37. The van der Waals surface area contributed by atoms with Gasteiger partial charge in [-0.1, -0.05) is 30.4 Å². The van der Waals surface area contributed by atoms with Crippen LogP contribution >= 0.6 is 0 Å². The molecule has 0 atom stereocenters. The minimum absolute atomic E-state index is 0.00978. The van der Waals surface area contributed by atoms with E-state index in [9.17, 15) is 4.79 Å². The summed E-state index contributed by atoms with van der Waals surface area (Å²) in [5.74, 6) is 0.594. The summed E-state index contributed by atoms with van der Waals surface area (Å²) < 4.78 is 5.72. The van der Waals surface area contributed by atoms with Crippen LogP contribution in [0.4, 0.5) is 0 Å². The molecule has 22 heavy (non-hydrogen) atoms. The van der Waals surface area contributed by atoms with Gasteiger partial charge in [0.15, 0.2) is 6.61 Å². The highest BCUT2D eigenvalue weighted by molar-refractivity contribution is 5.85. The second kappa shape index (κ2) is 7.07. The zero-order valence-electron chi connectivity index (χ0n) is 13.4. The van der Waals surface area contributed by atoms with Crippen molar-refractivity contribution in [3.8, 4) is 5.75 Å². The molecule has 1 aromatic carbocycles. The van der Waals surface area contributed by atoms with Crippen molar-refractivity contribution in [1.82, 2.24) is 9.88 Å². The molecule has 1 heterocycles. The van der Waals surface area contributed by atoms with E-state index in [4.69, 9.17) is 4.74 Å². The summed E-state index contributed by atoms with van der Waals surface area (Å²) in [4.78, 5) is 18.5. The van der Waals surface area contributed by atoms with Crippen LogP contribution in [0.5, 0.6) is 5.75 Å². The third kappa shape index (κ3) is 3.85. The molecule has 1 amide bonds. The van der Waals surface area contributed by atoms with Crippen LogP contribution in [0.15, 0.2) is 42.5 Å². The first-order valence-corrected chi connectivity index (χ1v) is 7.42. The molecule has 0 fully saturated rings. The van der Waals surface area contributed by atoms with E-state index in [0.29, 0.717) is 18.8 Å². The fourth-order valence-electron chi connectivity index (χ4n) is 2.27. The zero-order chi connectivity index (χ0) is 16.1. The van der Waals surface area contributed by atoms with Gasteiger partial charge in [0.25, 0.3) is 5.91 Å². The highest BCUT2D eigenvalue weighted by Gasteiger charge is 2.13. The van der Waals surface area contributed by atoms with Crippen molar-refractivity contribution in [2.75, 3.05) is 19.7 Å². The van der Waals surface area contributed by atoms with Crippen molar-refractivity contribution in [1.29, 1.82) is 0 Å². The molecule has 0 saturated carbocycles. The number of pyridine rings is 1. The molecule has 0 aliphatic heterocycles. The minimum atomic E-state index is -0.0462. The lowest BCUT2D eigenvalue weighted by atomic mass is 10.2. The van der Waals surface area contributed by atoms with Crippen molar-refractivity contribution >= 4 is 16.8 Å².